The van der Waals surface area contributed by atoms with Gasteiger partial charge in [-0.1, -0.05) is 18.2 Å². The van der Waals surface area contributed by atoms with E-state index >= 15 is 0 Å². The Kier molecular flexibility index (Phi) is 7.86. The standard InChI is InChI=1S/C28H30N4O10/c1-42-24-22(36)20-15(21(35)23(24)37)8-19(26(38)31-18(28(40)41)6-12(10-33)11-34)32-25(20)30-17(27(32)39)7-13-9-29-16-5-3-2-4-14(13)16/h2-5,9,12,17-19,25,29-30,33-34,37H,6-8,10-11H2,1H3,(H,31,38)(H,40,41). The number of nitrogens with zero attached hydrogens (tertiary/aromatic N) is 1. The minimum Gasteiger partial charge on any atom is -0.501 e. The molecular formula is C28H30N4O10. The summed E-state index contributed by atoms with van der Waals surface area (Å²) in [6.07, 6.45) is -0.0913. The van der Waals surface area contributed by atoms with E-state index in [1.165, 1.54) is 0 Å². The van der Waals surface area contributed by atoms with Gasteiger partial charge in [-0.3, -0.25) is 24.5 Å². The van der Waals surface area contributed by atoms with Gasteiger partial charge < -0.3 is 40.4 Å². The summed E-state index contributed by atoms with van der Waals surface area (Å²) in [5.41, 5.74) is 1.31. The number of ketones is 2. The second kappa shape index (κ2) is 11.4. The lowest BCUT2D eigenvalue weighted by Gasteiger charge is -2.39. The van der Waals surface area contributed by atoms with Crippen LogP contribution in [0.2, 0.25) is 0 Å². The zero-order valence-electron chi connectivity index (χ0n) is 22.5. The number of Topliss-reactive ketones (excluding diaryl/α,β-unsaturated/α-hetero) is 2. The van der Waals surface area contributed by atoms with E-state index in [1.807, 2.05) is 24.3 Å². The summed E-state index contributed by atoms with van der Waals surface area (Å²) in [5, 5.41) is 45.2. The van der Waals surface area contributed by atoms with Gasteiger partial charge in [-0.15, -0.1) is 0 Å². The van der Waals surface area contributed by atoms with Gasteiger partial charge in [0.05, 0.1) is 13.2 Å². The van der Waals surface area contributed by atoms with Crippen LogP contribution < -0.4 is 10.6 Å². The summed E-state index contributed by atoms with van der Waals surface area (Å²) in [7, 11) is 1.12. The van der Waals surface area contributed by atoms with Crippen molar-refractivity contribution in [3.8, 4) is 0 Å². The van der Waals surface area contributed by atoms with Crippen LogP contribution in [0, 0.1) is 5.92 Å². The van der Waals surface area contributed by atoms with Crippen LogP contribution in [-0.2, 0) is 35.1 Å². The third-order valence-electron chi connectivity index (χ3n) is 7.98. The number of aliphatic hydroxyl groups excluding tert-OH is 3. The smallest absolute Gasteiger partial charge is 0.326 e. The number of ether oxygens (including phenoxy) is 1. The molecule has 0 bridgehead atoms. The molecule has 4 atom stereocenters. The lowest BCUT2D eigenvalue weighted by Crippen LogP contribution is -2.59. The van der Waals surface area contributed by atoms with Gasteiger partial charge in [0, 0.05) is 53.8 Å². The van der Waals surface area contributed by atoms with E-state index in [4.69, 9.17) is 4.74 Å². The highest BCUT2D eigenvalue weighted by molar-refractivity contribution is 6.25. The molecule has 0 radical (unpaired) electrons. The van der Waals surface area contributed by atoms with E-state index in [1.54, 1.807) is 6.20 Å². The number of fused-ring (bicyclic) bond motifs is 3. The monoisotopic (exact) mass is 582 g/mol. The largest absolute Gasteiger partial charge is 0.501 e. The Hall–Kier alpha value is -4.53. The highest BCUT2D eigenvalue weighted by Crippen LogP contribution is 2.39. The molecule has 5 rings (SSSR count). The molecule has 1 saturated heterocycles. The predicted octanol–water partition coefficient (Wildman–Crippen LogP) is -0.966. The van der Waals surface area contributed by atoms with Crippen LogP contribution in [0.5, 0.6) is 0 Å². The number of carbonyl (C=O) groups is 5. The Labute approximate surface area is 238 Å². The molecule has 3 heterocycles. The molecule has 1 fully saturated rings. The molecule has 1 aromatic carbocycles. The number of hydrogen-bond donors (Lipinski definition) is 7. The van der Waals surface area contributed by atoms with Crippen molar-refractivity contribution in [2.75, 3.05) is 20.3 Å². The van der Waals surface area contributed by atoms with Crippen molar-refractivity contribution in [1.82, 2.24) is 20.5 Å². The van der Waals surface area contributed by atoms with Crippen LogP contribution in [0.4, 0.5) is 0 Å². The van der Waals surface area contributed by atoms with Crippen LogP contribution in [0.3, 0.4) is 0 Å². The molecule has 4 unspecified atom stereocenters. The first-order valence-corrected chi connectivity index (χ1v) is 13.3. The van der Waals surface area contributed by atoms with E-state index in [9.17, 15) is 44.4 Å². The number of para-hydroxylation sites is 1. The molecule has 14 nitrogen and oxygen atoms in total. The average molecular weight is 583 g/mol. The average Bonchev–Trinajstić information content (AvgIpc) is 3.54. The third kappa shape index (κ3) is 4.82. The molecule has 3 aliphatic rings. The first kappa shape index (κ1) is 29.0. The number of methoxy groups -OCH3 is 1. The summed E-state index contributed by atoms with van der Waals surface area (Å²) in [4.78, 5) is 70.1. The zero-order valence-corrected chi connectivity index (χ0v) is 22.5. The lowest BCUT2D eigenvalue weighted by molar-refractivity contribution is -0.145. The first-order valence-electron chi connectivity index (χ1n) is 13.3. The minimum absolute atomic E-state index is 0.135. The van der Waals surface area contributed by atoms with Crippen LogP contribution in [-0.4, -0.2) is 104 Å². The summed E-state index contributed by atoms with van der Waals surface area (Å²) >= 11 is 0. The fraction of sp³-hybridized carbons (Fsp3) is 0.393. The van der Waals surface area contributed by atoms with Crippen molar-refractivity contribution in [1.29, 1.82) is 0 Å². The molecule has 2 aromatic rings. The maximum Gasteiger partial charge on any atom is 0.326 e. The number of carboxylic acid groups (broad SMARTS) is 1. The van der Waals surface area contributed by atoms with Gasteiger partial charge in [0.1, 0.15) is 18.2 Å². The molecule has 2 aliphatic heterocycles. The van der Waals surface area contributed by atoms with Crippen molar-refractivity contribution in [3.63, 3.8) is 0 Å². The van der Waals surface area contributed by atoms with Crippen LogP contribution in [0.25, 0.3) is 10.9 Å². The lowest BCUT2D eigenvalue weighted by atomic mass is 9.82. The van der Waals surface area contributed by atoms with E-state index in [2.05, 4.69) is 15.6 Å². The molecular weight excluding hydrogens is 552 g/mol. The SMILES string of the molecule is COC1=C(O)C(=O)C2=C(C1=O)C1NC(Cc3c[nH]c4ccccc34)C(=O)N1C(C(=O)NC(CC(CO)CO)C(=O)O)C2. The van der Waals surface area contributed by atoms with Gasteiger partial charge in [0.15, 0.2) is 0 Å². The number of amides is 2. The molecule has 0 spiro atoms. The normalized spacial score (nSPS) is 23.0. The second-order valence-corrected chi connectivity index (χ2v) is 10.4. The number of H-pyrrole nitrogens is 1. The number of aliphatic carboxylic acids is 1. The van der Waals surface area contributed by atoms with E-state index in [-0.39, 0.29) is 24.0 Å². The molecule has 0 saturated carbocycles. The van der Waals surface area contributed by atoms with Crippen molar-refractivity contribution in [3.05, 3.63) is 58.7 Å². The minimum atomic E-state index is -1.53. The Morgan fingerprint density at radius 2 is 1.86 bits per heavy atom. The number of hydrogen-bond acceptors (Lipinski definition) is 10. The van der Waals surface area contributed by atoms with E-state index < -0.39 is 90.7 Å². The number of aromatic amines is 1. The Morgan fingerprint density at radius 3 is 2.52 bits per heavy atom. The molecule has 14 heteroatoms. The number of nitrogens with one attached hydrogen (secondary N) is 3. The van der Waals surface area contributed by atoms with E-state index in [0.717, 1.165) is 28.5 Å². The van der Waals surface area contributed by atoms with Crippen molar-refractivity contribution in [2.24, 2.45) is 5.92 Å². The number of carbonyl (C=O) groups excluding carboxylic acids is 4. The first-order chi connectivity index (χ1) is 20.1. The molecule has 7 N–H and O–H groups in total. The van der Waals surface area contributed by atoms with Gasteiger partial charge in [-0.2, -0.15) is 0 Å². The molecule has 1 aromatic heterocycles. The highest BCUT2D eigenvalue weighted by Gasteiger charge is 2.55. The maximum absolute atomic E-state index is 13.9. The fourth-order valence-corrected chi connectivity index (χ4v) is 5.83. The van der Waals surface area contributed by atoms with Crippen LogP contribution >= 0.6 is 0 Å². The topological polar surface area (TPSA) is 219 Å². The second-order valence-electron chi connectivity index (χ2n) is 10.4. The van der Waals surface area contributed by atoms with Crippen molar-refractivity contribution >= 4 is 40.3 Å². The Bertz CT molecular complexity index is 1540. The number of carboxylic acids is 1. The number of benzene rings is 1. The van der Waals surface area contributed by atoms with Crippen LogP contribution in [0.1, 0.15) is 18.4 Å². The molecule has 1 aliphatic carbocycles. The number of aliphatic hydroxyl groups is 3. The highest BCUT2D eigenvalue weighted by atomic mass is 16.5. The van der Waals surface area contributed by atoms with Gasteiger partial charge in [0.2, 0.25) is 34.9 Å². The number of allylic oxidation sites excluding steroid dienone is 2. The Balaban J connectivity index is 1.51. The Morgan fingerprint density at radius 1 is 1.14 bits per heavy atom. The van der Waals surface area contributed by atoms with Gasteiger partial charge in [-0.05, 0) is 24.5 Å². The van der Waals surface area contributed by atoms with Crippen LogP contribution in [0.15, 0.2) is 53.1 Å². The van der Waals surface area contributed by atoms with E-state index in [0.29, 0.717) is 0 Å². The summed E-state index contributed by atoms with van der Waals surface area (Å²) < 4.78 is 4.99. The number of aromatic nitrogens is 1. The molecule has 42 heavy (non-hydrogen) atoms. The van der Waals surface area contributed by atoms with Crippen molar-refractivity contribution in [2.45, 2.75) is 43.6 Å². The predicted molar refractivity (Wildman–Crippen MR) is 144 cm³/mol. The quantitative estimate of drug-likeness (QED) is 0.169. The fourth-order valence-electron chi connectivity index (χ4n) is 5.83. The summed E-state index contributed by atoms with van der Waals surface area (Å²) in [5.74, 6) is -7.00. The third-order valence-corrected chi connectivity index (χ3v) is 7.98. The summed E-state index contributed by atoms with van der Waals surface area (Å²) in [6.45, 7) is -1.04. The summed E-state index contributed by atoms with van der Waals surface area (Å²) in [6, 6.07) is 3.59. The van der Waals surface area contributed by atoms with Gasteiger partial charge in [0.25, 0.3) is 0 Å². The maximum atomic E-state index is 13.9. The zero-order chi connectivity index (χ0) is 30.3. The molecule has 222 valence electrons. The molecule has 2 amide bonds. The van der Waals surface area contributed by atoms with Gasteiger partial charge >= 0.3 is 5.97 Å². The number of rotatable bonds is 10. The van der Waals surface area contributed by atoms with Crippen molar-refractivity contribution < 1.29 is 49.1 Å². The van der Waals surface area contributed by atoms with Gasteiger partial charge in [-0.25, -0.2) is 4.79 Å².